The Labute approximate surface area is 142 Å². The van der Waals surface area contributed by atoms with Gasteiger partial charge in [0.15, 0.2) is 0 Å². The number of aromatic hydroxyl groups is 1. The van der Waals surface area contributed by atoms with Gasteiger partial charge in [-0.25, -0.2) is 4.79 Å². The highest BCUT2D eigenvalue weighted by atomic mass is 35.5. The van der Waals surface area contributed by atoms with Gasteiger partial charge in [0.2, 0.25) is 0 Å². The van der Waals surface area contributed by atoms with E-state index in [4.69, 9.17) is 22.0 Å². The summed E-state index contributed by atoms with van der Waals surface area (Å²) in [6.45, 7) is 0. The fourth-order valence-electron chi connectivity index (χ4n) is 1.88. The maximum Gasteiger partial charge on any atom is 0.339 e. The second kappa shape index (κ2) is 7.31. The maximum absolute atomic E-state index is 12.2. The van der Waals surface area contributed by atoms with Crippen molar-refractivity contribution in [3.8, 4) is 11.8 Å². The number of hydrogen-bond acceptors (Lipinski definition) is 4. The zero-order valence-electron chi connectivity index (χ0n) is 12.2. The van der Waals surface area contributed by atoms with Crippen LogP contribution in [-0.2, 0) is 4.79 Å². The average molecular weight is 343 g/mol. The Morgan fingerprint density at radius 1 is 1.21 bits per heavy atom. The fourth-order valence-corrected chi connectivity index (χ4v) is 2.07. The first-order valence-corrected chi connectivity index (χ1v) is 7.04. The molecule has 0 saturated heterocycles. The van der Waals surface area contributed by atoms with Gasteiger partial charge in [-0.2, -0.15) is 5.26 Å². The Morgan fingerprint density at radius 3 is 2.54 bits per heavy atom. The van der Waals surface area contributed by atoms with Crippen LogP contribution in [0.3, 0.4) is 0 Å². The van der Waals surface area contributed by atoms with Crippen LogP contribution in [0, 0.1) is 11.3 Å². The molecule has 0 unspecified atom stereocenters. The molecule has 2 aromatic carbocycles. The molecule has 0 aliphatic carbocycles. The van der Waals surface area contributed by atoms with E-state index < -0.39 is 17.6 Å². The molecule has 1 amide bonds. The maximum atomic E-state index is 12.2. The third-order valence-corrected chi connectivity index (χ3v) is 3.38. The molecule has 24 heavy (non-hydrogen) atoms. The second-order valence-corrected chi connectivity index (χ2v) is 5.09. The van der Waals surface area contributed by atoms with E-state index in [1.165, 1.54) is 18.2 Å². The summed E-state index contributed by atoms with van der Waals surface area (Å²) in [6.07, 6.45) is 1.22. The average Bonchev–Trinajstić information content (AvgIpc) is 2.55. The molecule has 0 aromatic heterocycles. The summed E-state index contributed by atoms with van der Waals surface area (Å²) in [5.74, 6) is -2.41. The number of nitrogens with one attached hydrogen (secondary N) is 1. The lowest BCUT2D eigenvalue weighted by Gasteiger charge is -2.06. The van der Waals surface area contributed by atoms with Crippen LogP contribution in [0.2, 0.25) is 5.02 Å². The van der Waals surface area contributed by atoms with Crippen LogP contribution in [0.25, 0.3) is 6.08 Å². The standard InChI is InChI=1S/C17H11ClN2O4/c18-13-3-1-2-4-14(13)20-16(22)11(9-19)7-10-5-6-15(21)12(8-10)17(23)24/h1-8,21H,(H,20,22)(H,23,24). The summed E-state index contributed by atoms with van der Waals surface area (Å²) in [4.78, 5) is 23.2. The van der Waals surface area contributed by atoms with Gasteiger partial charge < -0.3 is 15.5 Å². The highest BCUT2D eigenvalue weighted by molar-refractivity contribution is 6.34. The summed E-state index contributed by atoms with van der Waals surface area (Å²) in [5, 5.41) is 30.4. The highest BCUT2D eigenvalue weighted by Gasteiger charge is 2.13. The van der Waals surface area contributed by atoms with Crippen LogP contribution in [0.1, 0.15) is 15.9 Å². The van der Waals surface area contributed by atoms with Crippen LogP contribution < -0.4 is 5.32 Å². The Bertz CT molecular complexity index is 884. The second-order valence-electron chi connectivity index (χ2n) is 4.69. The molecule has 120 valence electrons. The summed E-state index contributed by atoms with van der Waals surface area (Å²) in [5.41, 5.74) is 0.0720. The lowest BCUT2D eigenvalue weighted by atomic mass is 10.1. The predicted molar refractivity (Wildman–Crippen MR) is 88.7 cm³/mol. The largest absolute Gasteiger partial charge is 0.507 e. The van der Waals surface area contributed by atoms with Crippen molar-refractivity contribution in [2.75, 3.05) is 5.32 Å². The Balaban J connectivity index is 2.31. The van der Waals surface area contributed by atoms with Crippen LogP contribution in [0.4, 0.5) is 5.69 Å². The number of aromatic carboxylic acids is 1. The molecule has 0 aliphatic rings. The van der Waals surface area contributed by atoms with Crippen molar-refractivity contribution in [3.05, 3.63) is 64.2 Å². The number of carbonyl (C=O) groups is 2. The van der Waals surface area contributed by atoms with E-state index >= 15 is 0 Å². The summed E-state index contributed by atoms with van der Waals surface area (Å²) in [6, 6.07) is 12.0. The molecule has 0 spiro atoms. The topological polar surface area (TPSA) is 110 Å². The van der Waals surface area contributed by atoms with Crippen LogP contribution in [0.5, 0.6) is 5.75 Å². The van der Waals surface area contributed by atoms with Crippen molar-refractivity contribution in [2.45, 2.75) is 0 Å². The zero-order valence-corrected chi connectivity index (χ0v) is 12.9. The van der Waals surface area contributed by atoms with E-state index in [0.29, 0.717) is 10.7 Å². The third kappa shape index (κ3) is 3.91. The molecule has 0 aliphatic heterocycles. The SMILES string of the molecule is N#CC(=Cc1ccc(O)c(C(=O)O)c1)C(=O)Nc1ccccc1Cl. The number of halogens is 1. The molecule has 0 fully saturated rings. The van der Waals surface area contributed by atoms with Crippen molar-refractivity contribution in [1.82, 2.24) is 0 Å². The minimum Gasteiger partial charge on any atom is -0.507 e. The van der Waals surface area contributed by atoms with Gasteiger partial charge in [0, 0.05) is 0 Å². The van der Waals surface area contributed by atoms with Gasteiger partial charge >= 0.3 is 5.97 Å². The molecular weight excluding hydrogens is 332 g/mol. The number of rotatable bonds is 4. The highest BCUT2D eigenvalue weighted by Crippen LogP contribution is 2.22. The van der Waals surface area contributed by atoms with Gasteiger partial charge in [-0.15, -0.1) is 0 Å². The van der Waals surface area contributed by atoms with Gasteiger partial charge in [0.05, 0.1) is 10.7 Å². The fraction of sp³-hybridized carbons (Fsp3) is 0. The number of nitrogens with zero attached hydrogens (tertiary/aromatic N) is 1. The number of nitriles is 1. The quantitative estimate of drug-likeness (QED) is 0.583. The van der Waals surface area contributed by atoms with Crippen LogP contribution >= 0.6 is 11.6 Å². The molecule has 0 heterocycles. The molecule has 0 bridgehead atoms. The Morgan fingerprint density at radius 2 is 1.92 bits per heavy atom. The van der Waals surface area contributed by atoms with E-state index in [-0.39, 0.29) is 16.7 Å². The predicted octanol–water partition coefficient (Wildman–Crippen LogP) is 3.29. The summed E-state index contributed by atoms with van der Waals surface area (Å²) >= 11 is 5.94. The Kier molecular flexibility index (Phi) is 5.20. The van der Waals surface area contributed by atoms with Crippen molar-refractivity contribution in [1.29, 1.82) is 5.26 Å². The summed E-state index contributed by atoms with van der Waals surface area (Å²) < 4.78 is 0. The van der Waals surface area contributed by atoms with Gasteiger partial charge in [-0.05, 0) is 35.9 Å². The zero-order chi connectivity index (χ0) is 17.7. The first-order valence-electron chi connectivity index (χ1n) is 6.66. The molecular formula is C17H11ClN2O4. The number of carbonyl (C=O) groups excluding carboxylic acids is 1. The first kappa shape index (κ1) is 17.1. The minimum absolute atomic E-state index is 0.239. The van der Waals surface area contributed by atoms with Crippen molar-refractivity contribution in [3.63, 3.8) is 0 Å². The van der Waals surface area contributed by atoms with Crippen molar-refractivity contribution in [2.24, 2.45) is 0 Å². The molecule has 2 rings (SSSR count). The van der Waals surface area contributed by atoms with E-state index in [1.54, 1.807) is 30.3 Å². The number of para-hydroxylation sites is 1. The number of amides is 1. The number of hydrogen-bond donors (Lipinski definition) is 3. The third-order valence-electron chi connectivity index (χ3n) is 3.05. The summed E-state index contributed by atoms with van der Waals surface area (Å²) in [7, 11) is 0. The number of carboxylic acids is 1. The van der Waals surface area contributed by atoms with Gasteiger partial charge in [-0.1, -0.05) is 29.8 Å². The lowest BCUT2D eigenvalue weighted by Crippen LogP contribution is -2.13. The van der Waals surface area contributed by atoms with Crippen LogP contribution in [0.15, 0.2) is 48.0 Å². The van der Waals surface area contributed by atoms with Gasteiger partial charge in [-0.3, -0.25) is 4.79 Å². The van der Waals surface area contributed by atoms with E-state index in [0.717, 1.165) is 6.07 Å². The molecule has 0 saturated carbocycles. The van der Waals surface area contributed by atoms with E-state index in [2.05, 4.69) is 5.32 Å². The van der Waals surface area contributed by atoms with Gasteiger partial charge in [0.1, 0.15) is 23.0 Å². The van der Waals surface area contributed by atoms with Crippen molar-refractivity contribution < 1.29 is 19.8 Å². The molecule has 0 atom stereocenters. The number of benzene rings is 2. The molecule has 7 heteroatoms. The number of phenols is 1. The molecule has 3 N–H and O–H groups in total. The van der Waals surface area contributed by atoms with Crippen molar-refractivity contribution >= 4 is 35.2 Å². The molecule has 6 nitrogen and oxygen atoms in total. The first-order chi connectivity index (χ1) is 11.4. The molecule has 0 radical (unpaired) electrons. The molecule has 2 aromatic rings. The van der Waals surface area contributed by atoms with E-state index in [1.807, 2.05) is 0 Å². The van der Waals surface area contributed by atoms with Gasteiger partial charge in [0.25, 0.3) is 5.91 Å². The lowest BCUT2D eigenvalue weighted by molar-refractivity contribution is -0.112. The number of anilines is 1. The number of carboxylic acid groups (broad SMARTS) is 1. The monoisotopic (exact) mass is 342 g/mol. The minimum atomic E-state index is -1.32. The normalized spacial score (nSPS) is 10.8. The van der Waals surface area contributed by atoms with Crippen LogP contribution in [-0.4, -0.2) is 22.1 Å². The Hall–Kier alpha value is -3.30. The smallest absolute Gasteiger partial charge is 0.339 e. The van der Waals surface area contributed by atoms with E-state index in [9.17, 15) is 14.7 Å².